The number of carbonyl (C=O) groups is 1. The summed E-state index contributed by atoms with van der Waals surface area (Å²) in [6.07, 6.45) is 0. The molecule has 0 aliphatic heterocycles. The van der Waals surface area contributed by atoms with Crippen molar-refractivity contribution >= 4 is 34.3 Å². The normalized spacial score (nSPS) is 10.9. The monoisotopic (exact) mass is 409 g/mol. The van der Waals surface area contributed by atoms with Gasteiger partial charge in [0.1, 0.15) is 5.01 Å². The van der Waals surface area contributed by atoms with Gasteiger partial charge in [-0.1, -0.05) is 24.3 Å². The van der Waals surface area contributed by atoms with Gasteiger partial charge in [-0.25, -0.2) is 14.6 Å². The van der Waals surface area contributed by atoms with Crippen molar-refractivity contribution < 1.29 is 20.2 Å². The Morgan fingerprint density at radius 1 is 1.07 bits per heavy atom. The number of aromatic nitrogens is 1. The number of hydrogen-bond donors (Lipinski definition) is 2. The van der Waals surface area contributed by atoms with Crippen LogP contribution in [0.3, 0.4) is 0 Å². The minimum atomic E-state index is -0.973. The summed E-state index contributed by atoms with van der Waals surface area (Å²) in [5.41, 5.74) is 6.91. The van der Waals surface area contributed by atoms with Crippen molar-refractivity contribution in [2.45, 2.75) is 0 Å². The highest BCUT2D eigenvalue weighted by Gasteiger charge is 2.18. The zero-order valence-corrected chi connectivity index (χ0v) is 16.6. The maximum absolute atomic E-state index is 12.0. The molecule has 0 fully saturated rings. The minimum Gasteiger partial charge on any atom is -0.478 e. The molecule has 140 valence electrons. The largest absolute Gasteiger partial charge is 0.478 e. The Morgan fingerprint density at radius 3 is 2.68 bits per heavy atom. The molecule has 28 heavy (non-hydrogen) atoms. The molecule has 0 saturated carbocycles. The van der Waals surface area contributed by atoms with Crippen molar-refractivity contribution in [1.82, 2.24) is 4.98 Å². The zero-order valence-electron chi connectivity index (χ0n) is 15.0. The molecule has 4 aromatic rings. The summed E-state index contributed by atoms with van der Waals surface area (Å²) in [6, 6.07) is 15.0. The van der Waals surface area contributed by atoms with Crippen molar-refractivity contribution in [3.8, 4) is 33.0 Å². The van der Waals surface area contributed by atoms with Crippen LogP contribution in [0.25, 0.3) is 33.0 Å². The van der Waals surface area contributed by atoms with Crippen LogP contribution in [0.4, 0.5) is 5.69 Å². The minimum absolute atomic E-state index is 0.238. The van der Waals surface area contributed by atoms with Crippen LogP contribution in [0, 0.1) is 0 Å². The smallest absolute Gasteiger partial charge is 0.336 e. The van der Waals surface area contributed by atoms with Crippen molar-refractivity contribution in [3.63, 3.8) is 0 Å². The zero-order chi connectivity index (χ0) is 19.5. The van der Waals surface area contributed by atoms with Crippen LogP contribution in [-0.4, -0.2) is 23.2 Å². The van der Waals surface area contributed by atoms with Crippen molar-refractivity contribution in [1.29, 1.82) is 0 Å². The molecule has 0 radical (unpaired) electrons. The highest BCUT2D eigenvalue weighted by molar-refractivity contribution is 7.13. The number of rotatable bonds is 6. The van der Waals surface area contributed by atoms with Gasteiger partial charge in [0.15, 0.2) is 5.69 Å². The van der Waals surface area contributed by atoms with Gasteiger partial charge >= 0.3 is 5.97 Å². The molecule has 0 aliphatic carbocycles. The molecule has 0 atom stereocenters. The molecule has 0 aliphatic rings. The summed E-state index contributed by atoms with van der Waals surface area (Å²) in [7, 11) is 1.57. The van der Waals surface area contributed by atoms with Gasteiger partial charge in [-0.3, -0.25) is 0 Å². The molecule has 2 aromatic carbocycles. The number of aromatic carboxylic acids is 1. The maximum Gasteiger partial charge on any atom is 0.336 e. The fraction of sp³-hybridized carbons (Fsp3) is 0.0476. The molecule has 5 nitrogen and oxygen atoms in total. The van der Waals surface area contributed by atoms with Gasteiger partial charge in [-0.15, -0.1) is 11.3 Å². The highest BCUT2D eigenvalue weighted by atomic mass is 32.1. The number of thiophene rings is 1. The predicted octanol–water partition coefficient (Wildman–Crippen LogP) is 4.66. The first-order chi connectivity index (χ1) is 13.7. The fourth-order valence-corrected chi connectivity index (χ4v) is 4.49. The van der Waals surface area contributed by atoms with Gasteiger partial charge < -0.3 is 5.11 Å². The van der Waals surface area contributed by atoms with Crippen molar-refractivity contribution in [2.75, 3.05) is 7.11 Å². The average molecular weight is 410 g/mol. The Balaban J connectivity index is 1.77. The van der Waals surface area contributed by atoms with Crippen molar-refractivity contribution in [3.05, 3.63) is 70.2 Å². The second kappa shape index (κ2) is 8.04. The lowest BCUT2D eigenvalue weighted by molar-refractivity contribution is -0.829. The molecule has 2 heterocycles. The third-order valence-electron chi connectivity index (χ3n) is 4.31. The molecule has 0 bridgehead atoms. The maximum atomic E-state index is 12.0. The van der Waals surface area contributed by atoms with Gasteiger partial charge in [0, 0.05) is 39.1 Å². The number of hydrogen-bond acceptors (Lipinski definition) is 5. The first-order valence-electron chi connectivity index (χ1n) is 8.48. The van der Waals surface area contributed by atoms with E-state index in [4.69, 9.17) is 4.84 Å². The molecule has 2 aromatic heterocycles. The van der Waals surface area contributed by atoms with Crippen LogP contribution in [0.5, 0.6) is 0 Å². The fourth-order valence-electron chi connectivity index (χ4n) is 3.01. The summed E-state index contributed by atoms with van der Waals surface area (Å²) in [5.74, 6) is -0.973. The lowest BCUT2D eigenvalue weighted by Crippen LogP contribution is -2.76. The van der Waals surface area contributed by atoms with E-state index in [0.29, 0.717) is 5.56 Å². The third-order valence-corrected chi connectivity index (χ3v) is 5.89. The van der Waals surface area contributed by atoms with Gasteiger partial charge in [0.2, 0.25) is 0 Å². The van der Waals surface area contributed by atoms with E-state index in [1.54, 1.807) is 30.0 Å². The molecule has 0 saturated heterocycles. The lowest BCUT2D eigenvalue weighted by atomic mass is 9.96. The van der Waals surface area contributed by atoms with Crippen LogP contribution in [0.2, 0.25) is 0 Å². The molecule has 0 amide bonds. The first-order valence-corrected chi connectivity index (χ1v) is 10.3. The van der Waals surface area contributed by atoms with Crippen LogP contribution >= 0.6 is 22.7 Å². The topological polar surface area (TPSA) is 76.0 Å². The van der Waals surface area contributed by atoms with E-state index in [2.05, 4.69) is 4.98 Å². The quantitative estimate of drug-likeness (QED) is 0.359. The molecular weight excluding hydrogens is 392 g/mol. The molecule has 0 spiro atoms. The molecular formula is C21H17N2O3S2+. The predicted molar refractivity (Wildman–Crippen MR) is 112 cm³/mol. The summed E-state index contributed by atoms with van der Waals surface area (Å²) >= 11 is 3.13. The summed E-state index contributed by atoms with van der Waals surface area (Å²) in [4.78, 5) is 21.8. The van der Waals surface area contributed by atoms with E-state index in [9.17, 15) is 9.90 Å². The average Bonchev–Trinajstić information content (AvgIpc) is 3.40. The van der Waals surface area contributed by atoms with E-state index >= 15 is 0 Å². The Labute approximate surface area is 169 Å². The van der Waals surface area contributed by atoms with Gasteiger partial charge in [-0.05, 0) is 23.6 Å². The summed E-state index contributed by atoms with van der Waals surface area (Å²) in [6.45, 7) is 0. The Morgan fingerprint density at radius 2 is 1.93 bits per heavy atom. The van der Waals surface area contributed by atoms with Crippen LogP contribution in [0.1, 0.15) is 10.4 Å². The number of thiazole rings is 1. The van der Waals surface area contributed by atoms with Crippen LogP contribution in [-0.2, 0) is 4.84 Å². The number of nitrogens with two attached hydrogens (primary N) is 1. The molecule has 3 N–H and O–H groups in total. The van der Waals surface area contributed by atoms with E-state index in [-0.39, 0.29) is 5.56 Å². The van der Waals surface area contributed by atoms with Gasteiger partial charge in [0.25, 0.3) is 0 Å². The van der Waals surface area contributed by atoms with Gasteiger partial charge in [0.05, 0.1) is 18.4 Å². The Kier molecular flexibility index (Phi) is 5.31. The molecule has 4 rings (SSSR count). The standard InChI is InChI=1S/C21H16N2O3S2/c1-26-23-18-5-3-2-4-16(18)15-7-6-13(10-17(15)21(24)25)20-22-19(12-28-20)14-8-9-27-11-14/h2-12,23H,1H3,(H,24,25)/p+1. The second-order valence-corrected chi connectivity index (χ2v) is 7.69. The first kappa shape index (κ1) is 18.5. The summed E-state index contributed by atoms with van der Waals surface area (Å²) in [5, 5.41) is 16.7. The molecule has 0 unspecified atom stereocenters. The Hall–Kier alpha value is -2.84. The highest BCUT2D eigenvalue weighted by Crippen LogP contribution is 2.34. The van der Waals surface area contributed by atoms with E-state index in [0.717, 1.165) is 33.1 Å². The van der Waals surface area contributed by atoms with Crippen LogP contribution in [0.15, 0.2) is 64.7 Å². The SMILES string of the molecule is CO[NH2+]c1ccccc1-c1ccc(-c2nc(-c3ccsc3)cs2)cc1C(=O)O. The lowest BCUT2D eigenvalue weighted by Gasteiger charge is -2.10. The summed E-state index contributed by atoms with van der Waals surface area (Å²) < 4.78 is 0. The second-order valence-electron chi connectivity index (χ2n) is 6.06. The molecule has 7 heteroatoms. The van der Waals surface area contributed by atoms with E-state index in [1.807, 2.05) is 58.6 Å². The number of quaternary nitrogens is 1. The number of nitrogens with zero attached hydrogens (tertiary/aromatic N) is 1. The van der Waals surface area contributed by atoms with Crippen molar-refractivity contribution in [2.24, 2.45) is 0 Å². The third kappa shape index (κ3) is 3.61. The van der Waals surface area contributed by atoms with Gasteiger partial charge in [-0.2, -0.15) is 16.8 Å². The van der Waals surface area contributed by atoms with Crippen LogP contribution < -0.4 is 5.48 Å². The Bertz CT molecular complexity index is 1120. The van der Waals surface area contributed by atoms with E-state index in [1.165, 1.54) is 11.3 Å². The number of benzene rings is 2. The number of carboxylic acids is 1. The van der Waals surface area contributed by atoms with E-state index < -0.39 is 5.97 Å². The number of carboxylic acid groups (broad SMARTS) is 1.